The summed E-state index contributed by atoms with van der Waals surface area (Å²) in [6.45, 7) is 13.3. The van der Waals surface area contributed by atoms with E-state index >= 15 is 0 Å². The monoisotopic (exact) mass is 404 g/mol. The topological polar surface area (TPSA) is 131 Å². The number of rotatable bonds is 9. The third-order valence-electron chi connectivity index (χ3n) is 3.11. The number of alkyl carbamates (subject to hydrolysis) is 1. The fourth-order valence-corrected chi connectivity index (χ4v) is 3.75. The summed E-state index contributed by atoms with van der Waals surface area (Å²) in [4.78, 5) is 11.4. The molecule has 0 fully saturated rings. The van der Waals surface area contributed by atoms with Gasteiger partial charge in [0.05, 0.1) is 5.70 Å². The van der Waals surface area contributed by atoms with E-state index in [0.717, 1.165) is 6.08 Å². The number of amides is 1. The van der Waals surface area contributed by atoms with E-state index < -0.39 is 38.7 Å². The van der Waals surface area contributed by atoms with Crippen LogP contribution in [-0.2, 0) is 14.8 Å². The molecule has 9 nitrogen and oxygen atoms in total. The molecule has 0 aromatic heterocycles. The number of ether oxygens (including phenoxy) is 1. The summed E-state index contributed by atoms with van der Waals surface area (Å²) < 4.78 is 32.6. The predicted molar refractivity (Wildman–Crippen MR) is 104 cm³/mol. The van der Waals surface area contributed by atoms with Crippen molar-refractivity contribution in [3.8, 4) is 0 Å². The van der Waals surface area contributed by atoms with Crippen molar-refractivity contribution in [2.24, 2.45) is 0 Å². The molecule has 10 heteroatoms. The maximum absolute atomic E-state index is 12.5. The number of hydrogen-bond donors (Lipinski definition) is 3. The minimum Gasteiger partial charge on any atom is -0.733 e. The van der Waals surface area contributed by atoms with Gasteiger partial charge in [0.25, 0.3) is 0 Å². The van der Waals surface area contributed by atoms with Gasteiger partial charge >= 0.3 is 6.09 Å². The minimum atomic E-state index is -4.09. The summed E-state index contributed by atoms with van der Waals surface area (Å²) in [5.74, 6) is 0. The maximum Gasteiger partial charge on any atom is 0.407 e. The molecule has 0 saturated carbocycles. The molecule has 1 amide bonds. The van der Waals surface area contributed by atoms with Crippen LogP contribution in [0.4, 0.5) is 4.79 Å². The molecular weight excluding hydrogens is 374 g/mol. The first kappa shape index (κ1) is 25.1. The first-order valence-corrected chi connectivity index (χ1v) is 9.89. The second kappa shape index (κ2) is 10.5. The molecule has 0 aromatic rings. The number of carbonyl (C=O) groups excluding carboxylic acids is 1. The highest BCUT2D eigenvalue weighted by atomic mass is 32.2. The zero-order chi connectivity index (χ0) is 21.4. The van der Waals surface area contributed by atoms with E-state index in [9.17, 15) is 18.4 Å². The number of hydrogen-bond acceptors (Lipinski definition) is 7. The van der Waals surface area contributed by atoms with Crippen molar-refractivity contribution in [2.75, 3.05) is 0 Å². The molecule has 0 radical (unpaired) electrons. The molecule has 2 atom stereocenters. The van der Waals surface area contributed by atoms with E-state index in [2.05, 4.69) is 16.6 Å². The number of sulfonamides is 1. The summed E-state index contributed by atoms with van der Waals surface area (Å²) in [6, 6.07) is -0.942. The van der Waals surface area contributed by atoms with Crippen LogP contribution in [0, 0.1) is 5.21 Å². The predicted octanol–water partition coefficient (Wildman–Crippen LogP) is 2.76. The van der Waals surface area contributed by atoms with Crippen LogP contribution in [0.15, 0.2) is 35.4 Å². The lowest BCUT2D eigenvalue weighted by Gasteiger charge is -2.28. The zero-order valence-corrected chi connectivity index (χ0v) is 17.5. The minimum absolute atomic E-state index is 0.274. The largest absolute Gasteiger partial charge is 0.733 e. The van der Waals surface area contributed by atoms with Crippen molar-refractivity contribution in [1.29, 1.82) is 0 Å². The molecule has 3 N–H and O–H groups in total. The van der Waals surface area contributed by atoms with Gasteiger partial charge in [-0.15, -0.1) is 0 Å². The summed E-state index contributed by atoms with van der Waals surface area (Å²) >= 11 is 0. The second-order valence-electron chi connectivity index (χ2n) is 7.02. The Balaban J connectivity index is 5.06. The van der Waals surface area contributed by atoms with Crippen molar-refractivity contribution >= 4 is 16.1 Å². The number of nitrogens with one attached hydrogen (secondary N) is 2. The number of carbonyl (C=O) groups is 1. The van der Waals surface area contributed by atoms with E-state index in [4.69, 9.17) is 9.94 Å². The highest BCUT2D eigenvalue weighted by Gasteiger charge is 2.25. The molecule has 2 unspecified atom stereocenters. The molecule has 0 bridgehead atoms. The molecule has 27 heavy (non-hydrogen) atoms. The maximum atomic E-state index is 12.5. The van der Waals surface area contributed by atoms with E-state index in [1.165, 1.54) is 19.1 Å². The normalized spacial score (nSPS) is 15.7. The Morgan fingerprint density at radius 2 is 1.89 bits per heavy atom. The van der Waals surface area contributed by atoms with Crippen LogP contribution in [0.25, 0.3) is 0 Å². The van der Waals surface area contributed by atoms with Crippen LogP contribution in [0.1, 0.15) is 48.0 Å². The Morgan fingerprint density at radius 1 is 1.33 bits per heavy atom. The molecule has 0 aromatic carbocycles. The fraction of sp³-hybridized carbons (Fsp3) is 0.588. The molecule has 0 aliphatic rings. The van der Waals surface area contributed by atoms with Crippen LogP contribution in [0.2, 0.25) is 0 Å². The van der Waals surface area contributed by atoms with Crippen LogP contribution in [0.3, 0.4) is 0 Å². The molecule has 0 aliphatic heterocycles. The van der Waals surface area contributed by atoms with Crippen molar-refractivity contribution in [1.82, 2.24) is 15.3 Å². The van der Waals surface area contributed by atoms with Crippen LogP contribution >= 0.6 is 0 Å². The Labute approximate surface area is 161 Å². The van der Waals surface area contributed by atoms with Gasteiger partial charge in [0, 0.05) is 12.1 Å². The highest BCUT2D eigenvalue weighted by molar-refractivity contribution is 7.93. The van der Waals surface area contributed by atoms with E-state index in [0.29, 0.717) is 0 Å². The lowest BCUT2D eigenvalue weighted by molar-refractivity contribution is 0.000346. The standard InChI is InChI=1S/C17H30N3O6S/c1-8-10-14(20(22)23)15(9-2)27(24,25)19-13(4)11-12(3)18-16(21)26-17(5,6)7/h8-10,12-13,19,22H,1,11H2,2-7H3,(H,18,21)/q-1/b14-10+,15-9+. The Bertz CT molecular complexity index is 677. The summed E-state index contributed by atoms with van der Waals surface area (Å²) in [5.41, 5.74) is -1.10. The SMILES string of the molecule is C=C/C=C(\C(=C/C)S(=O)(=O)NC(C)CC(C)NC(=O)OC(C)(C)C)N([O-])O. The number of nitrogens with zero attached hydrogens (tertiary/aromatic N) is 1. The lowest BCUT2D eigenvalue weighted by Crippen LogP contribution is -2.42. The van der Waals surface area contributed by atoms with Gasteiger partial charge in [0.15, 0.2) is 0 Å². The van der Waals surface area contributed by atoms with Gasteiger partial charge in [-0.3, -0.25) is 5.21 Å². The van der Waals surface area contributed by atoms with Gasteiger partial charge in [-0.05, 0) is 54.0 Å². The smallest absolute Gasteiger partial charge is 0.407 e. The van der Waals surface area contributed by atoms with E-state index in [-0.39, 0.29) is 17.4 Å². The van der Waals surface area contributed by atoms with Crippen LogP contribution < -0.4 is 10.0 Å². The van der Waals surface area contributed by atoms with Gasteiger partial charge in [0.1, 0.15) is 10.5 Å². The quantitative estimate of drug-likeness (QED) is 0.398. The molecule has 156 valence electrons. The molecule has 0 spiro atoms. The molecule has 0 aliphatic carbocycles. The van der Waals surface area contributed by atoms with Crippen LogP contribution in [0.5, 0.6) is 0 Å². The molecule has 0 saturated heterocycles. The van der Waals surface area contributed by atoms with Crippen molar-refractivity contribution < 1.29 is 23.2 Å². The highest BCUT2D eigenvalue weighted by Crippen LogP contribution is 2.19. The van der Waals surface area contributed by atoms with Crippen molar-refractivity contribution in [3.05, 3.63) is 40.6 Å². The first-order chi connectivity index (χ1) is 12.2. The first-order valence-electron chi connectivity index (χ1n) is 8.40. The molecule has 0 rings (SSSR count). The Kier molecular flexibility index (Phi) is 9.73. The molecular formula is C17H30N3O6S-. The molecule has 0 heterocycles. The third-order valence-corrected chi connectivity index (χ3v) is 4.85. The Hall–Kier alpha value is -1.88. The average Bonchev–Trinajstić information content (AvgIpc) is 2.43. The van der Waals surface area contributed by atoms with E-state index in [1.807, 2.05) is 0 Å². The fourth-order valence-electron chi connectivity index (χ4n) is 2.27. The summed E-state index contributed by atoms with van der Waals surface area (Å²) in [5, 5.41) is 22.5. The van der Waals surface area contributed by atoms with Gasteiger partial charge in [0.2, 0.25) is 10.0 Å². The summed E-state index contributed by atoms with van der Waals surface area (Å²) in [6.07, 6.45) is 3.13. The van der Waals surface area contributed by atoms with Gasteiger partial charge in [-0.2, -0.15) is 0 Å². The third kappa shape index (κ3) is 9.57. The van der Waals surface area contributed by atoms with Gasteiger partial charge in [-0.25, -0.2) is 17.9 Å². The second-order valence-corrected chi connectivity index (χ2v) is 8.70. The van der Waals surface area contributed by atoms with Gasteiger partial charge in [-0.1, -0.05) is 18.7 Å². The number of allylic oxidation sites excluding steroid dienone is 3. The van der Waals surface area contributed by atoms with Crippen molar-refractivity contribution in [3.63, 3.8) is 0 Å². The average molecular weight is 405 g/mol. The van der Waals surface area contributed by atoms with Crippen molar-refractivity contribution in [2.45, 2.75) is 65.6 Å². The number of hydroxylamine groups is 2. The van der Waals surface area contributed by atoms with Crippen LogP contribution in [-0.4, -0.2) is 42.6 Å². The van der Waals surface area contributed by atoms with Gasteiger partial charge < -0.3 is 20.5 Å². The summed E-state index contributed by atoms with van der Waals surface area (Å²) in [7, 11) is -4.09. The van der Waals surface area contributed by atoms with E-state index in [1.54, 1.807) is 34.6 Å². The zero-order valence-electron chi connectivity index (χ0n) is 16.6. The lowest BCUT2D eigenvalue weighted by atomic mass is 10.1. The Morgan fingerprint density at radius 3 is 2.30 bits per heavy atom.